The molecule has 0 fully saturated rings. The summed E-state index contributed by atoms with van der Waals surface area (Å²) in [4.78, 5) is 10.1. The van der Waals surface area contributed by atoms with Crippen LogP contribution in [0.15, 0.2) is 0 Å². The second kappa shape index (κ2) is 36.0. The molecule has 0 aromatic rings. The number of carboxylic acids is 1. The van der Waals surface area contributed by atoms with Crippen LogP contribution in [0.5, 0.6) is 0 Å². The van der Waals surface area contributed by atoms with Gasteiger partial charge in [-0.15, -0.1) is 0 Å². The fourth-order valence-corrected chi connectivity index (χ4v) is 0.737. The van der Waals surface area contributed by atoms with E-state index in [1.165, 1.54) is 5.92 Å². The topological polar surface area (TPSA) is 97.0 Å². The van der Waals surface area contributed by atoms with Crippen molar-refractivity contribution in [3.63, 3.8) is 0 Å². The first-order valence-corrected chi connectivity index (χ1v) is 4.79. The number of rotatable bonds is 7. The summed E-state index contributed by atoms with van der Waals surface area (Å²) in [6.45, 7) is 17.5. The van der Waals surface area contributed by atoms with Crippen molar-refractivity contribution in [2.24, 2.45) is 0 Å². The second-order valence-corrected chi connectivity index (χ2v) is 2.72. The van der Waals surface area contributed by atoms with Crippen molar-refractivity contribution in [1.82, 2.24) is 0 Å². The normalized spacial score (nSPS) is 7.00. The summed E-state index contributed by atoms with van der Waals surface area (Å²) in [5.41, 5.74) is 0. The van der Waals surface area contributed by atoms with Crippen LogP contribution in [0, 0.1) is 45.1 Å². The van der Waals surface area contributed by atoms with E-state index < -0.39 is 5.97 Å². The van der Waals surface area contributed by atoms with Crippen LogP contribution in [0.3, 0.4) is 0 Å². The molecule has 0 rings (SSSR count). The largest absolute Gasteiger partial charge is 0 e. The van der Waals surface area contributed by atoms with Crippen molar-refractivity contribution in [2.45, 2.75) is 33.1 Å². The zero-order valence-electron chi connectivity index (χ0n) is 10.8. The quantitative estimate of drug-likeness (QED) is 0.338. The monoisotopic (exact) mass is 308 g/mol. The maximum atomic E-state index is 10.1. The van der Waals surface area contributed by atoms with Gasteiger partial charge in [-0.2, -0.15) is 0 Å². The minimum atomic E-state index is -0.717. The minimum absolute atomic E-state index is 0. The molecule has 0 aliphatic rings. The van der Waals surface area contributed by atoms with E-state index in [0.717, 1.165) is 12.8 Å². The Morgan fingerprint density at radius 3 is 1.89 bits per heavy atom. The van der Waals surface area contributed by atoms with Gasteiger partial charge in [-0.3, -0.25) is 4.79 Å². The molecule has 6 heteroatoms. The molecule has 4 radical (unpaired) electrons. The number of carbonyl (C=O) groups is 1. The summed E-state index contributed by atoms with van der Waals surface area (Å²) >= 11 is 0. The third kappa shape index (κ3) is 46.9. The maximum absolute atomic E-state index is 10.1. The van der Waals surface area contributed by atoms with Gasteiger partial charge in [0, 0.05) is 23.5 Å². The van der Waals surface area contributed by atoms with Crippen molar-refractivity contribution in [3.8, 4) is 0 Å². The standard InChI is InChI=1S/C10H16O2.3CO.Fe/c1-3-9(2)7-5-4-6-8-10(11)12;3*1-2;/h3,5,7H,4,6,8H2,1-2H3,(H,11,12);;;;. The van der Waals surface area contributed by atoms with Gasteiger partial charge in [0.05, 0.1) is 0 Å². The van der Waals surface area contributed by atoms with Gasteiger partial charge in [-0.1, -0.05) is 13.8 Å². The number of unbranched alkanes of at least 4 members (excludes halogenated alkanes) is 2. The first-order valence-electron chi connectivity index (χ1n) is 4.79. The Hall–Kier alpha value is -0.791. The molecule has 0 saturated heterocycles. The minimum Gasteiger partial charge on any atom is 0 e. The van der Waals surface area contributed by atoms with Crippen LogP contribution < -0.4 is 0 Å². The predicted molar refractivity (Wildman–Crippen MR) is 60.8 cm³/mol. The Kier molecular flexibility index (Phi) is 58.5. The number of hydrogen-bond donors (Lipinski definition) is 1. The summed E-state index contributed by atoms with van der Waals surface area (Å²) in [6, 6.07) is 0. The van der Waals surface area contributed by atoms with Gasteiger partial charge in [-0.05, 0) is 38.0 Å². The first-order chi connectivity index (χ1) is 8.66. The Balaban J connectivity index is -0.0000000816. The molecule has 0 saturated carbocycles. The average Bonchev–Trinajstić information content (AvgIpc) is 2.44. The Labute approximate surface area is 125 Å². The second-order valence-electron chi connectivity index (χ2n) is 2.72. The first kappa shape index (κ1) is 30.9. The molecule has 0 spiro atoms. The SMILES string of the molecule is C[CH][C](C)[CH][CH]CCCC(=O)O.[C-]#[O+].[C-]#[O+].[C-]#[O+].[Fe]. The van der Waals surface area contributed by atoms with Crippen molar-refractivity contribution < 1.29 is 40.9 Å². The van der Waals surface area contributed by atoms with E-state index in [1.54, 1.807) is 0 Å². The van der Waals surface area contributed by atoms with Crippen molar-refractivity contribution >= 4 is 5.97 Å². The van der Waals surface area contributed by atoms with Crippen LogP contribution in [-0.4, -0.2) is 11.1 Å². The molecular weight excluding hydrogens is 292 g/mol. The van der Waals surface area contributed by atoms with Gasteiger partial charge in [0.15, 0.2) is 0 Å². The zero-order valence-corrected chi connectivity index (χ0v) is 11.9. The molecular formula is C13H16FeO5. The van der Waals surface area contributed by atoms with Crippen LogP contribution in [0.2, 0.25) is 0 Å². The molecule has 0 unspecified atom stereocenters. The third-order valence-corrected chi connectivity index (χ3v) is 1.60. The zero-order chi connectivity index (χ0) is 15.4. The summed E-state index contributed by atoms with van der Waals surface area (Å²) in [5, 5.41) is 8.33. The predicted octanol–water partition coefficient (Wildman–Crippen LogP) is 2.35. The Morgan fingerprint density at radius 2 is 1.58 bits per heavy atom. The maximum Gasteiger partial charge on any atom is 0 e. The van der Waals surface area contributed by atoms with Gasteiger partial charge in [0.1, 0.15) is 0 Å². The Morgan fingerprint density at radius 1 is 1.16 bits per heavy atom. The van der Waals surface area contributed by atoms with Crippen LogP contribution in [0.25, 0.3) is 0 Å². The van der Waals surface area contributed by atoms with Crippen molar-refractivity contribution in [1.29, 1.82) is 0 Å². The fraction of sp³-hybridized carbons (Fsp3) is 0.385. The van der Waals surface area contributed by atoms with Crippen molar-refractivity contribution in [3.05, 3.63) is 45.1 Å². The van der Waals surface area contributed by atoms with E-state index in [0.29, 0.717) is 0 Å². The molecule has 0 atom stereocenters. The Bertz CT molecular complexity index is 209. The molecule has 0 aromatic heterocycles. The van der Waals surface area contributed by atoms with Crippen LogP contribution in [0.4, 0.5) is 0 Å². The smallest absolute Gasteiger partial charge is 0 e. The molecule has 5 nitrogen and oxygen atoms in total. The molecule has 0 bridgehead atoms. The third-order valence-electron chi connectivity index (χ3n) is 1.60. The molecule has 0 amide bonds. The van der Waals surface area contributed by atoms with E-state index in [-0.39, 0.29) is 23.5 Å². The van der Waals surface area contributed by atoms with Crippen LogP contribution in [-0.2, 0) is 35.8 Å². The number of carboxylic acid groups (broad SMARTS) is 1. The number of hydrogen-bond acceptors (Lipinski definition) is 1. The fourth-order valence-electron chi connectivity index (χ4n) is 0.737. The van der Waals surface area contributed by atoms with E-state index in [1.807, 2.05) is 33.1 Å². The summed E-state index contributed by atoms with van der Waals surface area (Å²) < 4.78 is 22.5. The molecule has 0 aliphatic heterocycles. The number of aliphatic carboxylic acids is 1. The van der Waals surface area contributed by atoms with Gasteiger partial charge < -0.3 is 5.11 Å². The van der Waals surface area contributed by atoms with E-state index in [2.05, 4.69) is 20.0 Å². The molecule has 1 N–H and O–H groups in total. The van der Waals surface area contributed by atoms with Gasteiger partial charge in [-0.25, -0.2) is 0 Å². The van der Waals surface area contributed by atoms with E-state index >= 15 is 0 Å². The molecule has 19 heavy (non-hydrogen) atoms. The summed E-state index contributed by atoms with van der Waals surface area (Å²) in [6.07, 6.45) is 7.88. The summed E-state index contributed by atoms with van der Waals surface area (Å²) in [5.74, 6) is 0.497. The van der Waals surface area contributed by atoms with Gasteiger partial charge in [0.25, 0.3) is 0 Å². The molecule has 0 aliphatic carbocycles. The average molecular weight is 308 g/mol. The van der Waals surface area contributed by atoms with Crippen molar-refractivity contribution in [2.75, 3.05) is 0 Å². The van der Waals surface area contributed by atoms with E-state index in [4.69, 9.17) is 19.1 Å². The van der Waals surface area contributed by atoms with Gasteiger partial charge >= 0.3 is 39.9 Å². The summed E-state index contributed by atoms with van der Waals surface area (Å²) in [7, 11) is 0. The molecule has 0 aromatic carbocycles. The van der Waals surface area contributed by atoms with E-state index in [9.17, 15) is 4.79 Å². The molecule has 0 heterocycles. The van der Waals surface area contributed by atoms with Gasteiger partial charge in [0.2, 0.25) is 0 Å². The van der Waals surface area contributed by atoms with Crippen LogP contribution >= 0.6 is 0 Å². The molecule has 106 valence electrons. The van der Waals surface area contributed by atoms with Crippen LogP contribution in [0.1, 0.15) is 33.1 Å².